The minimum Gasteiger partial charge on any atom is -0.382 e. The van der Waals surface area contributed by atoms with Crippen LogP contribution in [0.25, 0.3) is 0 Å². The quantitative estimate of drug-likeness (QED) is 0.340. The van der Waals surface area contributed by atoms with Crippen molar-refractivity contribution in [3.8, 4) is 0 Å². The largest absolute Gasteiger partial charge is 0.382 e. The fraction of sp³-hybridized carbons (Fsp3) is 1.00. The van der Waals surface area contributed by atoms with Crippen LogP contribution in [-0.2, 0) is 9.47 Å². The van der Waals surface area contributed by atoms with Crippen LogP contribution in [0.2, 0.25) is 0 Å². The lowest BCUT2D eigenvalue weighted by molar-refractivity contribution is 0.0161. The highest BCUT2D eigenvalue weighted by Gasteiger charge is 2.31. The second-order valence-electron chi connectivity index (χ2n) is 7.63. The minimum absolute atomic E-state index is 0.238. The Morgan fingerprint density at radius 2 is 1.46 bits per heavy atom. The van der Waals surface area contributed by atoms with E-state index in [9.17, 15) is 0 Å². The van der Waals surface area contributed by atoms with Gasteiger partial charge in [0.25, 0.3) is 0 Å². The Morgan fingerprint density at radius 3 is 2.00 bits per heavy atom. The highest BCUT2D eigenvalue weighted by Crippen LogP contribution is 2.19. The van der Waals surface area contributed by atoms with E-state index in [1.165, 1.54) is 77.0 Å². The van der Waals surface area contributed by atoms with Gasteiger partial charge in [-0.05, 0) is 19.4 Å². The van der Waals surface area contributed by atoms with Crippen LogP contribution >= 0.6 is 0 Å². The van der Waals surface area contributed by atoms with Gasteiger partial charge in [-0.3, -0.25) is 0 Å². The van der Waals surface area contributed by atoms with E-state index in [1.54, 1.807) is 7.11 Å². The highest BCUT2D eigenvalue weighted by atomic mass is 16.5. The highest BCUT2D eigenvalue weighted by molar-refractivity contribution is 6.11. The Hall–Kier alpha value is -0.0551. The third kappa shape index (κ3) is 10.7. The monoisotopic (exact) mass is 339 g/mol. The van der Waals surface area contributed by atoms with Crippen LogP contribution in [-0.4, -0.2) is 46.3 Å². The number of rotatable bonds is 16. The standard InChI is InChI=1S/C20H42BNO2/c1-3-4-5-6-7-8-9-10-11-12-13-14-15-22-18-16-20(21)24-19(18)17-23-2/h18-20,22H,3-17,21H2,1-2H3/t18?,19?,20-/m1/s1. The van der Waals surface area contributed by atoms with Crippen molar-refractivity contribution in [1.29, 1.82) is 0 Å². The first kappa shape index (κ1) is 22.0. The zero-order chi connectivity index (χ0) is 17.5. The second-order valence-corrected chi connectivity index (χ2v) is 7.63. The van der Waals surface area contributed by atoms with Crippen LogP contribution in [0.1, 0.15) is 90.4 Å². The summed E-state index contributed by atoms with van der Waals surface area (Å²) in [5.74, 6) is 0. The number of nitrogens with one attached hydrogen (secondary N) is 1. The van der Waals surface area contributed by atoms with Gasteiger partial charge in [-0.1, -0.05) is 77.6 Å². The molecule has 1 heterocycles. The smallest absolute Gasteiger partial charge is 0.139 e. The minimum atomic E-state index is 0.238. The number of hydrogen-bond acceptors (Lipinski definition) is 3. The Morgan fingerprint density at radius 1 is 0.917 bits per heavy atom. The van der Waals surface area contributed by atoms with Gasteiger partial charge in [0, 0.05) is 19.2 Å². The topological polar surface area (TPSA) is 30.5 Å². The van der Waals surface area contributed by atoms with Gasteiger partial charge in [-0.15, -0.1) is 0 Å². The van der Waals surface area contributed by atoms with Crippen LogP contribution in [0.4, 0.5) is 0 Å². The van der Waals surface area contributed by atoms with Crippen molar-refractivity contribution < 1.29 is 9.47 Å². The summed E-state index contributed by atoms with van der Waals surface area (Å²) >= 11 is 0. The van der Waals surface area contributed by atoms with E-state index in [1.807, 2.05) is 0 Å². The second kappa shape index (κ2) is 15.2. The van der Waals surface area contributed by atoms with E-state index >= 15 is 0 Å². The lowest BCUT2D eigenvalue weighted by Gasteiger charge is -2.19. The number of hydrogen-bond donors (Lipinski definition) is 1. The molecule has 1 N–H and O–H groups in total. The molecule has 142 valence electrons. The van der Waals surface area contributed by atoms with Crippen LogP contribution in [0.3, 0.4) is 0 Å². The lowest BCUT2D eigenvalue weighted by atomic mass is 9.95. The third-order valence-corrected chi connectivity index (χ3v) is 5.21. The molecule has 2 unspecified atom stereocenters. The van der Waals surface area contributed by atoms with Crippen LogP contribution in [0.15, 0.2) is 0 Å². The molecule has 0 spiro atoms. The van der Waals surface area contributed by atoms with Crippen molar-refractivity contribution in [3.63, 3.8) is 0 Å². The van der Waals surface area contributed by atoms with Crippen molar-refractivity contribution in [1.82, 2.24) is 5.32 Å². The average Bonchev–Trinajstić information content (AvgIpc) is 2.92. The summed E-state index contributed by atoms with van der Waals surface area (Å²) in [6, 6.07) is 0.845. The first-order chi connectivity index (χ1) is 11.8. The SMILES string of the molecule is B[C@H]1CC(NCCCCCCCCCCCCCC)C(COC)O1. The molecular weight excluding hydrogens is 297 g/mol. The zero-order valence-electron chi connectivity index (χ0n) is 16.7. The molecule has 1 fully saturated rings. The first-order valence-corrected chi connectivity index (χ1v) is 10.7. The molecule has 1 aliphatic heterocycles. The molecule has 0 aliphatic carbocycles. The summed E-state index contributed by atoms with van der Waals surface area (Å²) in [7, 11) is 3.92. The first-order valence-electron chi connectivity index (χ1n) is 10.7. The van der Waals surface area contributed by atoms with Gasteiger partial charge < -0.3 is 14.8 Å². The molecule has 0 aromatic heterocycles. The Kier molecular flexibility index (Phi) is 13.9. The molecule has 0 radical (unpaired) electrons. The maximum atomic E-state index is 5.89. The van der Waals surface area contributed by atoms with Crippen molar-refractivity contribution in [2.45, 2.75) is 109 Å². The fourth-order valence-electron chi connectivity index (χ4n) is 3.75. The summed E-state index contributed by atoms with van der Waals surface area (Å²) in [6.45, 7) is 4.12. The molecule has 0 bridgehead atoms. The maximum Gasteiger partial charge on any atom is 0.139 e. The molecule has 1 aliphatic rings. The van der Waals surface area contributed by atoms with Gasteiger partial charge in [0.05, 0.1) is 12.7 Å². The molecule has 0 aromatic carbocycles. The molecule has 1 saturated heterocycles. The van der Waals surface area contributed by atoms with Gasteiger partial charge in [0.15, 0.2) is 0 Å². The molecule has 3 nitrogen and oxygen atoms in total. The molecule has 0 aromatic rings. The molecule has 0 amide bonds. The van der Waals surface area contributed by atoms with E-state index in [0.717, 1.165) is 13.0 Å². The summed E-state index contributed by atoms with van der Waals surface area (Å²) < 4.78 is 11.1. The molecular formula is C20H42BNO2. The number of methoxy groups -OCH3 is 1. The zero-order valence-corrected chi connectivity index (χ0v) is 16.7. The molecule has 24 heavy (non-hydrogen) atoms. The van der Waals surface area contributed by atoms with Gasteiger partial charge in [-0.25, -0.2) is 0 Å². The molecule has 3 atom stereocenters. The molecule has 0 saturated carbocycles. The summed E-state index contributed by atoms with van der Waals surface area (Å²) in [4.78, 5) is 0. The van der Waals surface area contributed by atoms with Crippen LogP contribution < -0.4 is 5.32 Å². The Bertz CT molecular complexity index is 278. The van der Waals surface area contributed by atoms with Crippen LogP contribution in [0, 0.1) is 0 Å². The van der Waals surface area contributed by atoms with Gasteiger partial charge >= 0.3 is 0 Å². The van der Waals surface area contributed by atoms with Crippen LogP contribution in [0.5, 0.6) is 0 Å². The predicted octanol–water partition coefficient (Wildman–Crippen LogP) is 4.04. The normalized spacial score (nSPS) is 23.8. The number of ether oxygens (including phenoxy) is 2. The van der Waals surface area contributed by atoms with Gasteiger partial charge in [0.2, 0.25) is 0 Å². The van der Waals surface area contributed by atoms with E-state index in [2.05, 4.69) is 20.1 Å². The average molecular weight is 339 g/mol. The van der Waals surface area contributed by atoms with Crippen molar-refractivity contribution in [2.75, 3.05) is 20.3 Å². The lowest BCUT2D eigenvalue weighted by Crippen LogP contribution is -2.39. The third-order valence-electron chi connectivity index (χ3n) is 5.21. The summed E-state index contributed by atoms with van der Waals surface area (Å²) in [5, 5.41) is 3.68. The van der Waals surface area contributed by atoms with Crippen molar-refractivity contribution in [3.05, 3.63) is 0 Å². The Labute approximate surface area is 152 Å². The van der Waals surface area contributed by atoms with E-state index in [0.29, 0.717) is 18.7 Å². The summed E-state index contributed by atoms with van der Waals surface area (Å²) in [6.07, 6.45) is 18.3. The van der Waals surface area contributed by atoms with Gasteiger partial charge in [0.1, 0.15) is 7.85 Å². The van der Waals surface area contributed by atoms with E-state index in [-0.39, 0.29) is 6.10 Å². The molecule has 1 rings (SSSR count). The van der Waals surface area contributed by atoms with Gasteiger partial charge in [-0.2, -0.15) is 0 Å². The van der Waals surface area contributed by atoms with Crippen molar-refractivity contribution in [2.24, 2.45) is 0 Å². The van der Waals surface area contributed by atoms with Crippen molar-refractivity contribution >= 4 is 7.85 Å². The maximum absolute atomic E-state index is 5.89. The predicted molar refractivity (Wildman–Crippen MR) is 107 cm³/mol. The molecule has 4 heteroatoms. The summed E-state index contributed by atoms with van der Waals surface area (Å²) in [5.41, 5.74) is 0. The number of unbranched alkanes of at least 4 members (excludes halogenated alkanes) is 11. The van der Waals surface area contributed by atoms with E-state index < -0.39 is 0 Å². The Balaban J connectivity index is 1.83. The van der Waals surface area contributed by atoms with E-state index in [4.69, 9.17) is 9.47 Å². The fourth-order valence-corrected chi connectivity index (χ4v) is 3.75.